The van der Waals surface area contributed by atoms with Crippen LogP contribution in [0.3, 0.4) is 0 Å². The van der Waals surface area contributed by atoms with E-state index in [1.807, 2.05) is 51.1 Å². The van der Waals surface area contributed by atoms with Crippen molar-refractivity contribution in [3.63, 3.8) is 0 Å². The minimum atomic E-state index is -3.57. The molecule has 36 heavy (non-hydrogen) atoms. The number of nitrogens with zero attached hydrogens (tertiary/aromatic N) is 2. The van der Waals surface area contributed by atoms with Gasteiger partial charge in [0.15, 0.2) is 0 Å². The molecule has 0 aliphatic carbocycles. The molecule has 0 aromatic heterocycles. The first kappa shape index (κ1) is 29.2. The van der Waals surface area contributed by atoms with Crippen molar-refractivity contribution < 1.29 is 22.7 Å². The number of carbonyl (C=O) groups excluding carboxylic acids is 2. The summed E-state index contributed by atoms with van der Waals surface area (Å²) in [7, 11) is -2.05. The van der Waals surface area contributed by atoms with Crippen molar-refractivity contribution in [1.82, 2.24) is 10.2 Å². The van der Waals surface area contributed by atoms with Crippen molar-refractivity contribution in [3.05, 3.63) is 60.2 Å². The summed E-state index contributed by atoms with van der Waals surface area (Å²) in [6, 6.07) is 15.7. The van der Waals surface area contributed by atoms with E-state index >= 15 is 0 Å². The Morgan fingerprint density at radius 1 is 1.03 bits per heavy atom. The number of carbonyl (C=O) groups is 2. The minimum Gasteiger partial charge on any atom is -0.497 e. The maximum Gasteiger partial charge on any atom is 0.243 e. The van der Waals surface area contributed by atoms with Crippen molar-refractivity contribution >= 4 is 27.5 Å². The van der Waals surface area contributed by atoms with Crippen LogP contribution in [-0.2, 0) is 26.2 Å². The second-order valence-electron chi connectivity index (χ2n) is 8.89. The largest absolute Gasteiger partial charge is 0.497 e. The summed E-state index contributed by atoms with van der Waals surface area (Å²) >= 11 is 0. The van der Waals surface area contributed by atoms with Crippen LogP contribution in [0.25, 0.3) is 0 Å². The highest BCUT2D eigenvalue weighted by Crippen LogP contribution is 2.24. The van der Waals surface area contributed by atoms with Crippen LogP contribution in [0, 0.1) is 0 Å². The molecule has 0 unspecified atom stereocenters. The zero-order valence-electron chi connectivity index (χ0n) is 21.9. The van der Waals surface area contributed by atoms with Gasteiger partial charge in [0.05, 0.1) is 19.1 Å². The Morgan fingerprint density at radius 2 is 1.72 bits per heavy atom. The Kier molecular flexibility index (Phi) is 11.2. The van der Waals surface area contributed by atoms with E-state index in [1.165, 1.54) is 11.4 Å². The number of hydrogen-bond donors (Lipinski definition) is 1. The molecule has 0 fully saturated rings. The standard InChI is InChI=1S/C27H39N3O5S/c1-6-21(3)28-27(32)25(7-2)29(20-22-13-9-8-10-14-22)26(31)17-12-18-30(36(5,33)34)23-15-11-16-24(19-23)35-4/h8-11,13-16,19,21,25H,6-7,12,17-18,20H2,1-5H3,(H,28,32)/t21-,25-/m1/s1. The molecule has 0 saturated heterocycles. The molecule has 8 nitrogen and oxygen atoms in total. The zero-order valence-corrected chi connectivity index (χ0v) is 22.8. The van der Waals surface area contributed by atoms with Gasteiger partial charge in [-0.15, -0.1) is 0 Å². The lowest BCUT2D eigenvalue weighted by atomic mass is 10.1. The molecule has 0 heterocycles. The lowest BCUT2D eigenvalue weighted by Gasteiger charge is -2.32. The maximum absolute atomic E-state index is 13.4. The van der Waals surface area contributed by atoms with Crippen LogP contribution < -0.4 is 14.4 Å². The number of anilines is 1. The van der Waals surface area contributed by atoms with E-state index in [9.17, 15) is 18.0 Å². The third-order valence-corrected chi connectivity index (χ3v) is 7.27. The number of nitrogens with one attached hydrogen (secondary N) is 1. The van der Waals surface area contributed by atoms with E-state index in [2.05, 4.69) is 5.32 Å². The third-order valence-electron chi connectivity index (χ3n) is 6.08. The average Bonchev–Trinajstić information content (AvgIpc) is 2.86. The van der Waals surface area contributed by atoms with Crippen LogP contribution >= 0.6 is 0 Å². The topological polar surface area (TPSA) is 96.0 Å². The van der Waals surface area contributed by atoms with Gasteiger partial charge in [-0.2, -0.15) is 0 Å². The third kappa shape index (κ3) is 8.55. The Bertz CT molecular complexity index is 1090. The number of methoxy groups -OCH3 is 1. The second kappa shape index (κ2) is 13.9. The van der Waals surface area contributed by atoms with E-state index < -0.39 is 16.1 Å². The lowest BCUT2D eigenvalue weighted by Crippen LogP contribution is -2.50. The van der Waals surface area contributed by atoms with Crippen LogP contribution in [0.15, 0.2) is 54.6 Å². The highest BCUT2D eigenvalue weighted by atomic mass is 32.2. The van der Waals surface area contributed by atoms with Crippen LogP contribution in [0.2, 0.25) is 0 Å². The van der Waals surface area contributed by atoms with Gasteiger partial charge in [0.2, 0.25) is 21.8 Å². The molecule has 2 amide bonds. The molecule has 1 N–H and O–H groups in total. The molecule has 2 atom stereocenters. The van der Waals surface area contributed by atoms with E-state index in [-0.39, 0.29) is 30.8 Å². The number of amides is 2. The van der Waals surface area contributed by atoms with Crippen LogP contribution in [-0.4, -0.2) is 57.1 Å². The number of rotatable bonds is 14. The first-order valence-corrected chi connectivity index (χ1v) is 14.2. The minimum absolute atomic E-state index is 0.00594. The van der Waals surface area contributed by atoms with Gasteiger partial charge in [0.1, 0.15) is 11.8 Å². The van der Waals surface area contributed by atoms with E-state index in [0.29, 0.717) is 30.8 Å². The van der Waals surface area contributed by atoms with Crippen molar-refractivity contribution in [2.45, 2.75) is 65.1 Å². The summed E-state index contributed by atoms with van der Waals surface area (Å²) in [5.41, 5.74) is 1.40. The normalized spacial score (nSPS) is 12.9. The summed E-state index contributed by atoms with van der Waals surface area (Å²) in [6.45, 7) is 6.26. The van der Waals surface area contributed by atoms with Crippen molar-refractivity contribution in [2.75, 3.05) is 24.2 Å². The van der Waals surface area contributed by atoms with Crippen LogP contribution in [0.1, 0.15) is 52.0 Å². The highest BCUT2D eigenvalue weighted by Gasteiger charge is 2.29. The predicted molar refractivity (Wildman–Crippen MR) is 143 cm³/mol. The van der Waals surface area contributed by atoms with Crippen LogP contribution in [0.5, 0.6) is 5.75 Å². The molecule has 2 aromatic carbocycles. The summed E-state index contributed by atoms with van der Waals surface area (Å²) in [6.07, 6.45) is 2.82. The fourth-order valence-electron chi connectivity index (χ4n) is 3.91. The average molecular weight is 518 g/mol. The molecular formula is C27H39N3O5S. The fourth-order valence-corrected chi connectivity index (χ4v) is 4.87. The zero-order chi connectivity index (χ0) is 26.7. The molecule has 2 rings (SSSR count). The number of sulfonamides is 1. The molecule has 2 aromatic rings. The Hall–Kier alpha value is -3.07. The number of ether oxygens (including phenoxy) is 1. The van der Waals surface area contributed by atoms with Crippen molar-refractivity contribution in [2.24, 2.45) is 0 Å². The van der Waals surface area contributed by atoms with Gasteiger partial charge in [-0.25, -0.2) is 8.42 Å². The Labute approximate surface area is 215 Å². The first-order chi connectivity index (χ1) is 17.1. The lowest BCUT2D eigenvalue weighted by molar-refractivity contribution is -0.141. The first-order valence-electron chi connectivity index (χ1n) is 12.4. The Balaban J connectivity index is 2.20. The molecule has 0 saturated carbocycles. The summed E-state index contributed by atoms with van der Waals surface area (Å²) < 4.78 is 31.5. The van der Waals surface area contributed by atoms with Crippen molar-refractivity contribution in [1.29, 1.82) is 0 Å². The van der Waals surface area contributed by atoms with Gasteiger partial charge < -0.3 is 15.0 Å². The fraction of sp³-hybridized carbons (Fsp3) is 0.481. The molecular weight excluding hydrogens is 478 g/mol. The number of hydrogen-bond acceptors (Lipinski definition) is 5. The molecule has 0 radical (unpaired) electrons. The molecule has 0 spiro atoms. The summed E-state index contributed by atoms with van der Waals surface area (Å²) in [5.74, 6) is 0.179. The number of benzene rings is 2. The molecule has 0 aliphatic rings. The Morgan fingerprint density at radius 3 is 2.31 bits per heavy atom. The van der Waals surface area contributed by atoms with Gasteiger partial charge in [-0.1, -0.05) is 50.2 Å². The molecule has 0 bridgehead atoms. The second-order valence-corrected chi connectivity index (χ2v) is 10.8. The summed E-state index contributed by atoms with van der Waals surface area (Å²) in [4.78, 5) is 28.1. The van der Waals surface area contributed by atoms with E-state index in [0.717, 1.165) is 18.2 Å². The van der Waals surface area contributed by atoms with Gasteiger partial charge in [0, 0.05) is 31.6 Å². The molecule has 0 aliphatic heterocycles. The van der Waals surface area contributed by atoms with Crippen molar-refractivity contribution in [3.8, 4) is 5.75 Å². The van der Waals surface area contributed by atoms with Crippen LogP contribution in [0.4, 0.5) is 5.69 Å². The predicted octanol–water partition coefficient (Wildman–Crippen LogP) is 3.96. The van der Waals surface area contributed by atoms with E-state index in [4.69, 9.17) is 4.74 Å². The van der Waals surface area contributed by atoms with Gasteiger partial charge in [0.25, 0.3) is 0 Å². The SMILES string of the molecule is CC[C@@H](C)NC(=O)[C@@H](CC)N(Cc1ccccc1)C(=O)CCCN(c1cccc(OC)c1)S(C)(=O)=O. The molecule has 9 heteroatoms. The monoisotopic (exact) mass is 517 g/mol. The molecule has 198 valence electrons. The quantitative estimate of drug-likeness (QED) is 0.409. The van der Waals surface area contributed by atoms with Gasteiger partial charge in [-0.05, 0) is 43.9 Å². The van der Waals surface area contributed by atoms with E-state index in [1.54, 1.807) is 29.2 Å². The maximum atomic E-state index is 13.4. The van der Waals surface area contributed by atoms with Gasteiger partial charge in [-0.3, -0.25) is 13.9 Å². The highest BCUT2D eigenvalue weighted by molar-refractivity contribution is 7.92. The van der Waals surface area contributed by atoms with Gasteiger partial charge >= 0.3 is 0 Å². The summed E-state index contributed by atoms with van der Waals surface area (Å²) in [5, 5.41) is 3.00. The smallest absolute Gasteiger partial charge is 0.243 e.